The standard InChI is InChI=1S/C15H13BrO3/c1-10-7-8-13(12(16)9-10)19-14(15(17)18)11-5-3-2-4-6-11/h2-9,14H,1H3,(H,17,18)/t14-/m1/s1. The highest BCUT2D eigenvalue weighted by atomic mass is 79.9. The highest BCUT2D eigenvalue weighted by Crippen LogP contribution is 2.30. The number of carboxylic acids is 1. The zero-order chi connectivity index (χ0) is 13.8. The zero-order valence-electron chi connectivity index (χ0n) is 10.3. The van der Waals surface area contributed by atoms with Crippen LogP contribution in [-0.2, 0) is 4.79 Å². The van der Waals surface area contributed by atoms with Crippen molar-refractivity contribution < 1.29 is 14.6 Å². The number of carboxylic acid groups (broad SMARTS) is 1. The van der Waals surface area contributed by atoms with E-state index in [4.69, 9.17) is 4.74 Å². The molecule has 1 N–H and O–H groups in total. The normalized spacial score (nSPS) is 11.9. The van der Waals surface area contributed by atoms with Gasteiger partial charge in [-0.25, -0.2) is 4.79 Å². The monoisotopic (exact) mass is 320 g/mol. The Balaban J connectivity index is 2.29. The van der Waals surface area contributed by atoms with E-state index in [9.17, 15) is 9.90 Å². The first-order chi connectivity index (χ1) is 9.08. The molecule has 0 fully saturated rings. The topological polar surface area (TPSA) is 46.5 Å². The summed E-state index contributed by atoms with van der Waals surface area (Å²) in [6.07, 6.45) is -1.01. The zero-order valence-corrected chi connectivity index (χ0v) is 11.9. The van der Waals surface area contributed by atoms with E-state index in [2.05, 4.69) is 15.9 Å². The lowest BCUT2D eigenvalue weighted by Crippen LogP contribution is -2.18. The number of ether oxygens (including phenoxy) is 1. The van der Waals surface area contributed by atoms with E-state index < -0.39 is 12.1 Å². The molecule has 19 heavy (non-hydrogen) atoms. The van der Waals surface area contributed by atoms with Crippen molar-refractivity contribution in [3.63, 3.8) is 0 Å². The molecular formula is C15H13BrO3. The largest absolute Gasteiger partial charge is 0.478 e. The van der Waals surface area contributed by atoms with E-state index in [0.717, 1.165) is 10.0 Å². The number of aliphatic carboxylic acids is 1. The van der Waals surface area contributed by atoms with Crippen LogP contribution in [0.3, 0.4) is 0 Å². The summed E-state index contributed by atoms with van der Waals surface area (Å²) in [5, 5.41) is 9.29. The molecule has 0 saturated carbocycles. The third kappa shape index (κ3) is 3.35. The van der Waals surface area contributed by atoms with Crippen LogP contribution in [-0.4, -0.2) is 11.1 Å². The Bertz CT molecular complexity index is 581. The van der Waals surface area contributed by atoms with E-state index in [1.54, 1.807) is 30.3 Å². The Morgan fingerprint density at radius 3 is 2.47 bits per heavy atom. The van der Waals surface area contributed by atoms with Gasteiger partial charge < -0.3 is 9.84 Å². The summed E-state index contributed by atoms with van der Waals surface area (Å²) in [4.78, 5) is 11.3. The second kappa shape index (κ2) is 5.89. The van der Waals surface area contributed by atoms with Crippen molar-refractivity contribution in [2.45, 2.75) is 13.0 Å². The third-order valence-corrected chi connectivity index (χ3v) is 3.28. The van der Waals surface area contributed by atoms with Gasteiger partial charge >= 0.3 is 5.97 Å². The Morgan fingerprint density at radius 2 is 1.89 bits per heavy atom. The molecule has 1 atom stereocenters. The summed E-state index contributed by atoms with van der Waals surface area (Å²) in [7, 11) is 0. The summed E-state index contributed by atoms with van der Waals surface area (Å²) in [6.45, 7) is 1.96. The van der Waals surface area contributed by atoms with Gasteiger partial charge in [0.05, 0.1) is 4.47 Å². The number of benzene rings is 2. The Kier molecular flexibility index (Phi) is 4.22. The van der Waals surface area contributed by atoms with Gasteiger partial charge in [0.1, 0.15) is 5.75 Å². The summed E-state index contributed by atoms with van der Waals surface area (Å²) in [6, 6.07) is 14.4. The van der Waals surface area contributed by atoms with Crippen LogP contribution in [0, 0.1) is 6.92 Å². The van der Waals surface area contributed by atoms with Gasteiger partial charge in [0.25, 0.3) is 0 Å². The number of hydrogen-bond donors (Lipinski definition) is 1. The minimum atomic E-state index is -1.02. The Labute approximate surface area is 120 Å². The highest BCUT2D eigenvalue weighted by Gasteiger charge is 2.22. The molecule has 0 unspecified atom stereocenters. The molecule has 0 aliphatic rings. The molecule has 2 aromatic rings. The smallest absolute Gasteiger partial charge is 0.349 e. The minimum absolute atomic E-state index is 0.516. The summed E-state index contributed by atoms with van der Waals surface area (Å²) in [5.41, 5.74) is 1.69. The van der Waals surface area contributed by atoms with Gasteiger partial charge in [0.15, 0.2) is 0 Å². The summed E-state index contributed by atoms with van der Waals surface area (Å²) < 4.78 is 6.35. The fraction of sp³-hybridized carbons (Fsp3) is 0.133. The molecule has 0 heterocycles. The molecule has 0 amide bonds. The lowest BCUT2D eigenvalue weighted by molar-refractivity contribution is -0.145. The average molecular weight is 321 g/mol. The maximum Gasteiger partial charge on any atom is 0.349 e. The molecule has 0 bridgehead atoms. The third-order valence-electron chi connectivity index (χ3n) is 2.66. The molecule has 3 nitrogen and oxygen atoms in total. The number of rotatable bonds is 4. The number of carbonyl (C=O) groups is 1. The van der Waals surface area contributed by atoms with Crippen molar-refractivity contribution in [2.75, 3.05) is 0 Å². The van der Waals surface area contributed by atoms with Crippen LogP contribution in [0.15, 0.2) is 53.0 Å². The van der Waals surface area contributed by atoms with Crippen LogP contribution in [0.2, 0.25) is 0 Å². The first kappa shape index (κ1) is 13.6. The fourth-order valence-electron chi connectivity index (χ4n) is 1.72. The maximum atomic E-state index is 11.3. The van der Waals surface area contributed by atoms with Gasteiger partial charge in [-0.05, 0) is 40.5 Å². The van der Waals surface area contributed by atoms with Gasteiger partial charge in [-0.3, -0.25) is 0 Å². The van der Waals surface area contributed by atoms with Gasteiger partial charge in [0, 0.05) is 5.56 Å². The predicted octanol–water partition coefficient (Wildman–Crippen LogP) is 3.96. The molecule has 98 valence electrons. The van der Waals surface area contributed by atoms with Crippen LogP contribution in [0.5, 0.6) is 5.75 Å². The lowest BCUT2D eigenvalue weighted by atomic mass is 10.1. The van der Waals surface area contributed by atoms with E-state index >= 15 is 0 Å². The van der Waals surface area contributed by atoms with E-state index in [1.165, 1.54) is 0 Å². The maximum absolute atomic E-state index is 11.3. The van der Waals surface area contributed by atoms with E-state index in [0.29, 0.717) is 11.3 Å². The quantitative estimate of drug-likeness (QED) is 0.927. The lowest BCUT2D eigenvalue weighted by Gasteiger charge is -2.16. The van der Waals surface area contributed by atoms with E-state index in [1.807, 2.05) is 25.1 Å². The summed E-state index contributed by atoms with van der Waals surface area (Å²) >= 11 is 3.38. The predicted molar refractivity (Wildman–Crippen MR) is 76.3 cm³/mol. The molecular weight excluding hydrogens is 308 g/mol. The fourth-order valence-corrected chi connectivity index (χ4v) is 2.30. The second-order valence-electron chi connectivity index (χ2n) is 4.18. The van der Waals surface area contributed by atoms with Crippen molar-refractivity contribution in [3.8, 4) is 5.75 Å². The average Bonchev–Trinajstić information content (AvgIpc) is 2.38. The number of halogens is 1. The van der Waals surface area contributed by atoms with Crippen molar-refractivity contribution in [2.24, 2.45) is 0 Å². The second-order valence-corrected chi connectivity index (χ2v) is 5.04. The van der Waals surface area contributed by atoms with Crippen LogP contribution >= 0.6 is 15.9 Å². The van der Waals surface area contributed by atoms with Crippen LogP contribution < -0.4 is 4.74 Å². The van der Waals surface area contributed by atoms with Gasteiger partial charge in [-0.2, -0.15) is 0 Å². The number of hydrogen-bond acceptors (Lipinski definition) is 2. The molecule has 4 heteroatoms. The van der Waals surface area contributed by atoms with Crippen LogP contribution in [0.4, 0.5) is 0 Å². The van der Waals surface area contributed by atoms with Crippen molar-refractivity contribution in [1.82, 2.24) is 0 Å². The number of aryl methyl sites for hydroxylation is 1. The first-order valence-corrected chi connectivity index (χ1v) is 6.58. The van der Waals surface area contributed by atoms with E-state index in [-0.39, 0.29) is 0 Å². The molecule has 0 spiro atoms. The van der Waals surface area contributed by atoms with Gasteiger partial charge in [-0.1, -0.05) is 36.4 Å². The van der Waals surface area contributed by atoms with Crippen molar-refractivity contribution in [1.29, 1.82) is 0 Å². The molecule has 0 saturated heterocycles. The molecule has 0 aliphatic carbocycles. The SMILES string of the molecule is Cc1ccc(O[C@@H](C(=O)O)c2ccccc2)c(Br)c1. The molecule has 0 aliphatic heterocycles. The van der Waals surface area contributed by atoms with Gasteiger partial charge in [0.2, 0.25) is 6.10 Å². The van der Waals surface area contributed by atoms with Gasteiger partial charge in [-0.15, -0.1) is 0 Å². The minimum Gasteiger partial charge on any atom is -0.478 e. The highest BCUT2D eigenvalue weighted by molar-refractivity contribution is 9.10. The Hall–Kier alpha value is -1.81. The molecule has 0 aromatic heterocycles. The van der Waals surface area contributed by atoms with Crippen LogP contribution in [0.25, 0.3) is 0 Å². The molecule has 0 radical (unpaired) electrons. The summed E-state index contributed by atoms with van der Waals surface area (Å²) in [5.74, 6) is -0.500. The molecule has 2 aromatic carbocycles. The molecule has 2 rings (SSSR count). The van der Waals surface area contributed by atoms with Crippen molar-refractivity contribution in [3.05, 3.63) is 64.1 Å². The van der Waals surface area contributed by atoms with Crippen LogP contribution in [0.1, 0.15) is 17.2 Å². The van der Waals surface area contributed by atoms with Crippen molar-refractivity contribution >= 4 is 21.9 Å². The Morgan fingerprint density at radius 1 is 1.21 bits per heavy atom. The first-order valence-electron chi connectivity index (χ1n) is 5.78.